The molecule has 0 saturated carbocycles. The lowest BCUT2D eigenvalue weighted by Gasteiger charge is -2.06. The summed E-state index contributed by atoms with van der Waals surface area (Å²) in [7, 11) is -9.04. The highest BCUT2D eigenvalue weighted by Crippen LogP contribution is 2.43. The lowest BCUT2D eigenvalue weighted by Crippen LogP contribution is -3.00. The predicted molar refractivity (Wildman–Crippen MR) is 65.1 cm³/mol. The molecule has 2 N–H and O–H groups in total. The standard InChI is InChI=1S/C7H5BrN2O7S2.BrH/c1-17-4-2-3(8)6(18(11,12)13)7(5(4)10-9)19(14,15)16;/h2H,1H3,(H-,11,12,13,14,15,16);1H. The molecule has 0 heterocycles. The molecule has 0 unspecified atom stereocenters. The molecular weight excluding hydrogens is 448 g/mol. The Morgan fingerprint density at radius 2 is 1.65 bits per heavy atom. The van der Waals surface area contributed by atoms with Crippen molar-refractivity contribution in [2.24, 2.45) is 0 Å². The number of diazo groups is 1. The summed E-state index contributed by atoms with van der Waals surface area (Å²) in [5.74, 6) is -0.339. The molecule has 0 bridgehead atoms. The second kappa shape index (κ2) is 6.33. The van der Waals surface area contributed by atoms with Crippen molar-refractivity contribution in [1.29, 1.82) is 5.39 Å². The van der Waals surface area contributed by atoms with Crippen LogP contribution in [0.15, 0.2) is 20.3 Å². The van der Waals surface area contributed by atoms with Crippen LogP contribution >= 0.6 is 15.9 Å². The molecule has 1 rings (SSSR count). The van der Waals surface area contributed by atoms with Crippen molar-refractivity contribution < 1.29 is 47.7 Å². The van der Waals surface area contributed by atoms with Crippen LogP contribution in [0.5, 0.6) is 5.75 Å². The molecule has 0 atom stereocenters. The van der Waals surface area contributed by atoms with E-state index in [0.717, 1.165) is 13.2 Å². The third kappa shape index (κ3) is 3.65. The molecule has 1 aromatic carbocycles. The van der Waals surface area contributed by atoms with Gasteiger partial charge in [0.1, 0.15) is 4.90 Å². The number of halogens is 2. The van der Waals surface area contributed by atoms with Crippen LogP contribution in [0.3, 0.4) is 0 Å². The summed E-state index contributed by atoms with van der Waals surface area (Å²) in [6.07, 6.45) is 0. The monoisotopic (exact) mass is 452 g/mol. The highest BCUT2D eigenvalue weighted by atomic mass is 79.9. The topological polar surface area (TPSA) is 146 Å². The van der Waals surface area contributed by atoms with Gasteiger partial charge in [-0.25, -0.2) is 0 Å². The first-order valence-electron chi connectivity index (χ1n) is 4.24. The van der Waals surface area contributed by atoms with Crippen molar-refractivity contribution >= 4 is 41.9 Å². The molecule has 1 aromatic rings. The van der Waals surface area contributed by atoms with Crippen LogP contribution in [0.4, 0.5) is 5.69 Å². The van der Waals surface area contributed by atoms with E-state index in [0.29, 0.717) is 0 Å². The summed E-state index contributed by atoms with van der Waals surface area (Å²) in [5, 5.41) is 8.75. The number of benzene rings is 1. The maximum Gasteiger partial charge on any atom is 0.448 e. The average molecular weight is 454 g/mol. The minimum absolute atomic E-state index is 0. The molecule has 0 saturated heterocycles. The molecule has 0 radical (unpaired) electrons. The van der Waals surface area contributed by atoms with E-state index >= 15 is 0 Å². The zero-order valence-corrected chi connectivity index (χ0v) is 14.3. The van der Waals surface area contributed by atoms with Crippen LogP contribution in [-0.2, 0) is 20.2 Å². The maximum atomic E-state index is 11.2. The fourth-order valence-electron chi connectivity index (χ4n) is 1.31. The quantitative estimate of drug-likeness (QED) is 0.412. The van der Waals surface area contributed by atoms with Gasteiger partial charge in [-0.1, -0.05) is 0 Å². The molecule has 0 aliphatic carbocycles. The largest absolute Gasteiger partial charge is 1.00 e. The summed E-state index contributed by atoms with van der Waals surface area (Å²) in [6, 6.07) is 0.951. The molecule has 0 amide bonds. The van der Waals surface area contributed by atoms with Crippen LogP contribution in [-0.4, -0.2) is 33.1 Å². The Balaban J connectivity index is 0.00000361. The SMILES string of the molecule is COc1cc(Br)c(S(=O)(=O)O)c(S(=O)(=O)O)c1[N+]#N.[Br-]. The lowest BCUT2D eigenvalue weighted by molar-refractivity contribution is -0.0000124. The highest BCUT2D eigenvalue weighted by Gasteiger charge is 2.39. The third-order valence-corrected chi connectivity index (χ3v) is 4.84. The lowest BCUT2D eigenvalue weighted by atomic mass is 10.3. The van der Waals surface area contributed by atoms with Gasteiger partial charge in [0.15, 0.2) is 4.98 Å². The predicted octanol–water partition coefficient (Wildman–Crippen LogP) is -1.56. The van der Waals surface area contributed by atoms with Gasteiger partial charge in [-0.15, -0.1) is 0 Å². The summed E-state index contributed by atoms with van der Waals surface area (Å²) in [6.45, 7) is 0. The Kier molecular flexibility index (Phi) is 6.08. The highest BCUT2D eigenvalue weighted by molar-refractivity contribution is 9.10. The van der Waals surface area contributed by atoms with Gasteiger partial charge in [0.05, 0.1) is 7.11 Å². The molecule has 0 aliphatic heterocycles. The van der Waals surface area contributed by atoms with E-state index in [1.807, 2.05) is 0 Å². The first kappa shape index (κ1) is 19.2. The van der Waals surface area contributed by atoms with Crippen LogP contribution in [0.25, 0.3) is 4.98 Å². The molecule has 13 heteroatoms. The van der Waals surface area contributed by atoms with E-state index in [-0.39, 0.29) is 22.7 Å². The van der Waals surface area contributed by atoms with Gasteiger partial charge >= 0.3 is 15.8 Å². The van der Waals surface area contributed by atoms with E-state index < -0.39 is 40.2 Å². The van der Waals surface area contributed by atoms with Gasteiger partial charge in [-0.3, -0.25) is 9.11 Å². The van der Waals surface area contributed by atoms with Gasteiger partial charge in [-0.05, 0) is 15.9 Å². The maximum absolute atomic E-state index is 11.2. The molecule has 0 spiro atoms. The summed E-state index contributed by atoms with van der Waals surface area (Å²) >= 11 is 2.71. The Morgan fingerprint density at radius 3 is 1.95 bits per heavy atom. The zero-order valence-electron chi connectivity index (χ0n) is 9.48. The van der Waals surface area contributed by atoms with E-state index in [2.05, 4.69) is 25.6 Å². The Morgan fingerprint density at radius 1 is 1.20 bits per heavy atom. The van der Waals surface area contributed by atoms with Crippen LogP contribution in [0, 0.1) is 5.39 Å². The Bertz CT molecular complexity index is 782. The summed E-state index contributed by atoms with van der Waals surface area (Å²) in [4.78, 5) is 0.0970. The zero-order chi connectivity index (χ0) is 15.0. The van der Waals surface area contributed by atoms with Gasteiger partial charge < -0.3 is 21.7 Å². The first-order chi connectivity index (χ1) is 8.54. The fourth-order valence-corrected chi connectivity index (χ4v) is 4.46. The van der Waals surface area contributed by atoms with E-state index in [1.165, 1.54) is 0 Å². The molecule has 0 fully saturated rings. The smallest absolute Gasteiger partial charge is 0.448 e. The molecular formula is C7H6Br2N2O7S2. The van der Waals surface area contributed by atoms with Crippen LogP contribution < -0.4 is 21.7 Å². The van der Waals surface area contributed by atoms with Crippen molar-refractivity contribution in [3.8, 4) is 5.75 Å². The third-order valence-electron chi connectivity index (χ3n) is 1.97. The number of hydrogen-bond donors (Lipinski definition) is 2. The number of hydrogen-bond acceptors (Lipinski definition) is 6. The number of nitrogens with zero attached hydrogens (tertiary/aromatic N) is 2. The molecule has 0 aliphatic rings. The number of methoxy groups -OCH3 is 1. The Labute approximate surface area is 133 Å². The number of ether oxygens (including phenoxy) is 1. The molecule has 9 nitrogen and oxygen atoms in total. The fraction of sp³-hybridized carbons (Fsp3) is 0.143. The van der Waals surface area contributed by atoms with Gasteiger partial charge in [-0.2, -0.15) is 16.8 Å². The molecule has 112 valence electrons. The van der Waals surface area contributed by atoms with E-state index in [4.69, 9.17) is 14.5 Å². The molecule has 20 heavy (non-hydrogen) atoms. The van der Waals surface area contributed by atoms with Crippen molar-refractivity contribution in [2.75, 3.05) is 7.11 Å². The van der Waals surface area contributed by atoms with E-state index in [1.54, 1.807) is 0 Å². The van der Waals surface area contributed by atoms with Crippen LogP contribution in [0.1, 0.15) is 0 Å². The summed E-state index contributed by atoms with van der Waals surface area (Å²) < 4.78 is 67.1. The normalized spacial score (nSPS) is 11.3. The van der Waals surface area contributed by atoms with E-state index in [9.17, 15) is 16.8 Å². The summed E-state index contributed by atoms with van der Waals surface area (Å²) in [5.41, 5.74) is -0.860. The Hall–Kier alpha value is -0.780. The van der Waals surface area contributed by atoms with Crippen molar-refractivity contribution in [1.82, 2.24) is 0 Å². The molecule has 0 aromatic heterocycles. The number of rotatable bonds is 3. The van der Waals surface area contributed by atoms with Gasteiger partial charge in [0.25, 0.3) is 10.1 Å². The van der Waals surface area contributed by atoms with Crippen molar-refractivity contribution in [3.05, 3.63) is 15.5 Å². The van der Waals surface area contributed by atoms with Gasteiger partial charge in [0, 0.05) is 10.5 Å². The van der Waals surface area contributed by atoms with Crippen LogP contribution in [0.2, 0.25) is 0 Å². The van der Waals surface area contributed by atoms with Crippen molar-refractivity contribution in [3.63, 3.8) is 0 Å². The second-order valence-corrected chi connectivity index (χ2v) is 6.69. The second-order valence-electron chi connectivity index (χ2n) is 3.12. The average Bonchev–Trinajstić information content (AvgIpc) is 2.24. The van der Waals surface area contributed by atoms with Crippen molar-refractivity contribution in [2.45, 2.75) is 9.79 Å². The minimum atomic E-state index is -5.12. The first-order valence-corrected chi connectivity index (χ1v) is 7.92. The minimum Gasteiger partial charge on any atom is -1.00 e. The van der Waals surface area contributed by atoms with Gasteiger partial charge in [0.2, 0.25) is 16.0 Å².